The van der Waals surface area contributed by atoms with Gasteiger partial charge in [-0.25, -0.2) is 0 Å². The predicted molar refractivity (Wildman–Crippen MR) is 50.6 cm³/mol. The maximum absolute atomic E-state index is 11.2. The molecule has 0 aromatic carbocycles. The lowest BCUT2D eigenvalue weighted by Crippen LogP contribution is -2.49. The van der Waals surface area contributed by atoms with Crippen LogP contribution in [-0.4, -0.2) is 23.2 Å². The first-order chi connectivity index (χ1) is 6.71. The third-order valence-electron chi connectivity index (χ3n) is 3.30. The summed E-state index contributed by atoms with van der Waals surface area (Å²) in [5, 5.41) is 11.2. The summed E-state index contributed by atoms with van der Waals surface area (Å²) in [6.45, 7) is 3.84. The molecule has 0 radical (unpaired) electrons. The van der Waals surface area contributed by atoms with Crippen LogP contribution in [0.2, 0.25) is 0 Å². The number of ether oxygens (including phenoxy) is 1. The van der Waals surface area contributed by atoms with Crippen LogP contribution < -0.4 is 0 Å². The summed E-state index contributed by atoms with van der Waals surface area (Å²) in [6.07, 6.45) is 3.02. The monoisotopic (exact) mass is 195 g/mol. The van der Waals surface area contributed by atoms with Gasteiger partial charge in [-0.15, -0.1) is 5.73 Å². The summed E-state index contributed by atoms with van der Waals surface area (Å²) < 4.78 is 5.44. The van der Waals surface area contributed by atoms with E-state index in [2.05, 4.69) is 12.3 Å². The number of fused-ring (bicyclic) bond motifs is 1. The topological polar surface area (TPSA) is 52.4 Å². The molecule has 2 atom stereocenters. The largest absolute Gasteiger partial charge is 0.365 e. The fourth-order valence-corrected chi connectivity index (χ4v) is 2.52. The molecule has 0 spiro atoms. The van der Waals surface area contributed by atoms with E-state index in [1.54, 1.807) is 0 Å². The Balaban J connectivity index is 2.45. The van der Waals surface area contributed by atoms with Crippen molar-refractivity contribution in [2.24, 2.45) is 0 Å². The fourth-order valence-electron chi connectivity index (χ4n) is 2.52. The average Bonchev–Trinajstić information content (AvgIpc) is 2.57. The Morgan fingerprint density at radius 2 is 2.43 bits per heavy atom. The maximum Gasteiger partial charge on any atom is 0.278 e. The second-order valence-corrected chi connectivity index (χ2v) is 3.88. The molecule has 4 heteroatoms. The molecule has 1 heterocycles. The van der Waals surface area contributed by atoms with Crippen LogP contribution in [0.25, 0.3) is 0 Å². The van der Waals surface area contributed by atoms with Crippen molar-refractivity contribution in [2.75, 3.05) is 6.61 Å². The highest BCUT2D eigenvalue weighted by atomic mass is 16.6. The van der Waals surface area contributed by atoms with Gasteiger partial charge in [0.25, 0.3) is 5.54 Å². The smallest absolute Gasteiger partial charge is 0.278 e. The van der Waals surface area contributed by atoms with Gasteiger partial charge in [-0.1, -0.05) is 13.0 Å². The number of nitro groups is 1. The van der Waals surface area contributed by atoms with Crippen LogP contribution >= 0.6 is 0 Å². The highest BCUT2D eigenvalue weighted by molar-refractivity contribution is 5.24. The molecule has 0 unspecified atom stereocenters. The molecule has 0 aromatic heterocycles. The van der Waals surface area contributed by atoms with Gasteiger partial charge in [0, 0.05) is 11.3 Å². The van der Waals surface area contributed by atoms with E-state index >= 15 is 0 Å². The van der Waals surface area contributed by atoms with Crippen molar-refractivity contribution in [3.8, 4) is 0 Å². The van der Waals surface area contributed by atoms with Crippen molar-refractivity contribution >= 4 is 0 Å². The molecule has 2 rings (SSSR count). The van der Waals surface area contributed by atoms with Gasteiger partial charge in [0.2, 0.25) is 0 Å². The molecule has 0 N–H and O–H groups in total. The van der Waals surface area contributed by atoms with Crippen molar-refractivity contribution in [1.82, 2.24) is 0 Å². The normalized spacial score (nSPS) is 36.3. The molecule has 1 saturated heterocycles. The number of hydrogen-bond donors (Lipinski definition) is 0. The Morgan fingerprint density at radius 1 is 1.64 bits per heavy atom. The minimum atomic E-state index is -1.00. The van der Waals surface area contributed by atoms with Crippen molar-refractivity contribution in [1.29, 1.82) is 0 Å². The van der Waals surface area contributed by atoms with Crippen LogP contribution in [-0.2, 0) is 4.74 Å². The molecule has 14 heavy (non-hydrogen) atoms. The zero-order valence-corrected chi connectivity index (χ0v) is 7.99. The summed E-state index contributed by atoms with van der Waals surface area (Å²) in [5.74, 6) is 0. The summed E-state index contributed by atoms with van der Waals surface area (Å²) in [6, 6.07) is 0. The lowest BCUT2D eigenvalue weighted by molar-refractivity contribution is -0.568. The van der Waals surface area contributed by atoms with Gasteiger partial charge in [0.1, 0.15) is 6.10 Å². The first kappa shape index (κ1) is 9.44. The summed E-state index contributed by atoms with van der Waals surface area (Å²) in [4.78, 5) is 11.0. The van der Waals surface area contributed by atoms with Gasteiger partial charge in [-0.2, -0.15) is 0 Å². The van der Waals surface area contributed by atoms with Crippen LogP contribution in [0.1, 0.15) is 25.7 Å². The third kappa shape index (κ3) is 1.04. The van der Waals surface area contributed by atoms with E-state index in [-0.39, 0.29) is 11.0 Å². The van der Waals surface area contributed by atoms with E-state index in [1.807, 2.05) is 0 Å². The first-order valence-corrected chi connectivity index (χ1v) is 4.87. The molecular formula is C10H13NO3. The predicted octanol–water partition coefficient (Wildman–Crippen LogP) is 1.69. The SMILES string of the molecule is C=C=C1CO[C@H]2CCCC[C@@]12[N+](=O)[O-]. The molecule has 0 amide bonds. The molecule has 76 valence electrons. The zero-order chi connectivity index (χ0) is 10.2. The summed E-state index contributed by atoms with van der Waals surface area (Å²) >= 11 is 0. The molecule has 1 aliphatic heterocycles. The van der Waals surface area contributed by atoms with Gasteiger partial charge >= 0.3 is 0 Å². The van der Waals surface area contributed by atoms with Gasteiger partial charge in [-0.05, 0) is 12.8 Å². The molecule has 0 bridgehead atoms. The van der Waals surface area contributed by atoms with E-state index in [0.717, 1.165) is 19.3 Å². The zero-order valence-electron chi connectivity index (χ0n) is 7.99. The Bertz CT molecular complexity index is 319. The maximum atomic E-state index is 11.2. The van der Waals surface area contributed by atoms with Crippen molar-refractivity contribution in [3.05, 3.63) is 28.0 Å². The molecular weight excluding hydrogens is 182 g/mol. The third-order valence-corrected chi connectivity index (χ3v) is 3.30. The fraction of sp³-hybridized carbons (Fsp3) is 0.700. The standard InChI is InChI=1S/C10H13NO3/c1-2-8-7-14-9-5-3-4-6-10(8,9)11(12)13/h9H,1,3-7H2/t9-,10+/m0/s1. The number of rotatable bonds is 1. The van der Waals surface area contributed by atoms with Crippen LogP contribution in [0.3, 0.4) is 0 Å². The summed E-state index contributed by atoms with van der Waals surface area (Å²) in [5.41, 5.74) is 2.32. The van der Waals surface area contributed by atoms with Gasteiger partial charge < -0.3 is 4.74 Å². The highest BCUT2D eigenvalue weighted by Gasteiger charge is 2.59. The van der Waals surface area contributed by atoms with E-state index < -0.39 is 5.54 Å². The molecule has 4 nitrogen and oxygen atoms in total. The van der Waals surface area contributed by atoms with E-state index in [9.17, 15) is 10.1 Å². The van der Waals surface area contributed by atoms with E-state index in [0.29, 0.717) is 18.6 Å². The minimum absolute atomic E-state index is 0.197. The van der Waals surface area contributed by atoms with Gasteiger partial charge in [0.15, 0.2) is 0 Å². The van der Waals surface area contributed by atoms with Crippen molar-refractivity contribution < 1.29 is 9.66 Å². The summed E-state index contributed by atoms with van der Waals surface area (Å²) in [7, 11) is 0. The quantitative estimate of drug-likeness (QED) is 0.363. The van der Waals surface area contributed by atoms with Crippen LogP contribution in [0, 0.1) is 10.1 Å². The Hall–Kier alpha value is -1.12. The molecule has 1 saturated carbocycles. The molecule has 0 aromatic rings. The van der Waals surface area contributed by atoms with Crippen LogP contribution in [0.5, 0.6) is 0 Å². The Labute approximate surface area is 82.4 Å². The average molecular weight is 195 g/mol. The second kappa shape index (κ2) is 3.23. The molecule has 2 fully saturated rings. The lowest BCUT2D eigenvalue weighted by Gasteiger charge is -2.29. The lowest BCUT2D eigenvalue weighted by atomic mass is 9.77. The first-order valence-electron chi connectivity index (χ1n) is 4.87. The van der Waals surface area contributed by atoms with Crippen molar-refractivity contribution in [3.63, 3.8) is 0 Å². The van der Waals surface area contributed by atoms with E-state index in [4.69, 9.17) is 4.74 Å². The Morgan fingerprint density at radius 3 is 3.07 bits per heavy atom. The van der Waals surface area contributed by atoms with Gasteiger partial charge in [-0.3, -0.25) is 10.1 Å². The van der Waals surface area contributed by atoms with Crippen LogP contribution in [0.15, 0.2) is 17.9 Å². The van der Waals surface area contributed by atoms with E-state index in [1.165, 1.54) is 0 Å². The Kier molecular flexibility index (Phi) is 2.17. The highest BCUT2D eigenvalue weighted by Crippen LogP contribution is 2.43. The van der Waals surface area contributed by atoms with Crippen LogP contribution in [0.4, 0.5) is 0 Å². The number of nitrogens with zero attached hydrogens (tertiary/aromatic N) is 1. The van der Waals surface area contributed by atoms with Gasteiger partial charge in [0.05, 0.1) is 12.2 Å². The molecule has 2 aliphatic rings. The molecule has 1 aliphatic carbocycles. The van der Waals surface area contributed by atoms with Crippen molar-refractivity contribution in [2.45, 2.75) is 37.3 Å². The minimum Gasteiger partial charge on any atom is -0.365 e. The second-order valence-electron chi connectivity index (χ2n) is 3.88. The number of hydrogen-bond acceptors (Lipinski definition) is 3.